The van der Waals surface area contributed by atoms with Crippen molar-refractivity contribution in [2.45, 2.75) is 0 Å². The van der Waals surface area contributed by atoms with Crippen LogP contribution >= 0.6 is 0 Å². The first kappa shape index (κ1) is 7.68. The first-order valence-electron chi connectivity index (χ1n) is 2.27. The van der Waals surface area contributed by atoms with Crippen molar-refractivity contribution in [1.82, 2.24) is 0 Å². The summed E-state index contributed by atoms with van der Waals surface area (Å²) in [6, 6.07) is 0. The van der Waals surface area contributed by atoms with E-state index in [-0.39, 0.29) is 5.84 Å². The van der Waals surface area contributed by atoms with Crippen LogP contribution < -0.4 is 5.73 Å². The maximum Gasteiger partial charge on any atom is 0.330 e. The van der Waals surface area contributed by atoms with E-state index < -0.39 is 5.97 Å². The zero-order chi connectivity index (χ0) is 7.28. The molecule has 0 saturated carbocycles. The van der Waals surface area contributed by atoms with Crippen molar-refractivity contribution < 1.29 is 9.53 Å². The van der Waals surface area contributed by atoms with Gasteiger partial charge in [0.1, 0.15) is 5.84 Å². The molecule has 0 fully saturated rings. The number of amidine groups is 1. The molecule has 3 N–H and O–H groups in total. The Labute approximate surface area is 52.8 Å². The minimum Gasteiger partial charge on any atom is -0.466 e. The largest absolute Gasteiger partial charge is 0.466 e. The number of carbonyl (C=O) groups is 1. The molecule has 4 heteroatoms. The summed E-state index contributed by atoms with van der Waals surface area (Å²) in [6.07, 6.45) is 2.24. The van der Waals surface area contributed by atoms with Crippen LogP contribution in [-0.4, -0.2) is 18.9 Å². The van der Waals surface area contributed by atoms with E-state index in [2.05, 4.69) is 4.74 Å². The molecular formula is C5H8N2O2. The summed E-state index contributed by atoms with van der Waals surface area (Å²) in [5, 5.41) is 6.65. The summed E-state index contributed by atoms with van der Waals surface area (Å²) in [5.74, 6) is -0.675. The number of rotatable bonds is 2. The van der Waals surface area contributed by atoms with E-state index in [4.69, 9.17) is 11.1 Å². The highest BCUT2D eigenvalue weighted by atomic mass is 16.5. The Morgan fingerprint density at radius 2 is 2.22 bits per heavy atom. The molecule has 0 saturated heterocycles. The van der Waals surface area contributed by atoms with Crippen LogP contribution in [0.2, 0.25) is 0 Å². The zero-order valence-corrected chi connectivity index (χ0v) is 5.05. The first-order chi connectivity index (χ1) is 4.16. The molecule has 0 aliphatic rings. The highest BCUT2D eigenvalue weighted by Gasteiger charge is 1.88. The van der Waals surface area contributed by atoms with Gasteiger partial charge in [-0.15, -0.1) is 0 Å². The standard InChI is InChI=1S/C5H8N2O2/c1-9-5(8)3-2-4(6)7/h2-3H,1H3,(H3,6,7). The van der Waals surface area contributed by atoms with Crippen LogP contribution in [0.1, 0.15) is 0 Å². The fourth-order valence-electron chi connectivity index (χ4n) is 0.226. The Morgan fingerprint density at radius 1 is 1.67 bits per heavy atom. The molecule has 0 heterocycles. The van der Waals surface area contributed by atoms with Crippen molar-refractivity contribution in [3.8, 4) is 0 Å². The van der Waals surface area contributed by atoms with Crippen LogP contribution in [0.4, 0.5) is 0 Å². The van der Waals surface area contributed by atoms with Gasteiger partial charge in [0.2, 0.25) is 0 Å². The number of nitrogens with one attached hydrogen (secondary N) is 1. The number of esters is 1. The van der Waals surface area contributed by atoms with Crippen LogP contribution in [-0.2, 0) is 9.53 Å². The molecule has 0 aromatic carbocycles. The van der Waals surface area contributed by atoms with Crippen LogP contribution in [0.3, 0.4) is 0 Å². The number of hydrogen-bond acceptors (Lipinski definition) is 3. The van der Waals surface area contributed by atoms with Crippen LogP contribution in [0.15, 0.2) is 12.2 Å². The Balaban J connectivity index is 3.71. The van der Waals surface area contributed by atoms with Crippen molar-refractivity contribution in [3.05, 3.63) is 12.2 Å². The van der Waals surface area contributed by atoms with Crippen molar-refractivity contribution >= 4 is 11.8 Å². The lowest BCUT2D eigenvalue weighted by Crippen LogP contribution is -2.06. The molecule has 0 bridgehead atoms. The molecule has 0 atom stereocenters. The smallest absolute Gasteiger partial charge is 0.330 e. The molecule has 0 unspecified atom stereocenters. The second-order valence-corrected chi connectivity index (χ2v) is 1.31. The average Bonchev–Trinajstić information content (AvgIpc) is 1.83. The van der Waals surface area contributed by atoms with Gasteiger partial charge in [-0.25, -0.2) is 4.79 Å². The van der Waals surface area contributed by atoms with E-state index in [1.165, 1.54) is 7.11 Å². The predicted molar refractivity (Wildman–Crippen MR) is 33.1 cm³/mol. The van der Waals surface area contributed by atoms with Gasteiger partial charge >= 0.3 is 5.97 Å². The predicted octanol–water partition coefficient (Wildman–Crippen LogP) is -0.348. The summed E-state index contributed by atoms with van der Waals surface area (Å²) in [4.78, 5) is 10.3. The lowest BCUT2D eigenvalue weighted by molar-refractivity contribution is -0.134. The maximum atomic E-state index is 10.3. The zero-order valence-electron chi connectivity index (χ0n) is 5.05. The molecule has 0 aliphatic carbocycles. The molecule has 50 valence electrons. The third-order valence-corrected chi connectivity index (χ3v) is 0.600. The third-order valence-electron chi connectivity index (χ3n) is 0.600. The molecule has 0 aromatic rings. The van der Waals surface area contributed by atoms with E-state index >= 15 is 0 Å². The summed E-state index contributed by atoms with van der Waals surface area (Å²) in [6.45, 7) is 0. The molecule has 9 heavy (non-hydrogen) atoms. The number of hydrogen-bond donors (Lipinski definition) is 2. The second-order valence-electron chi connectivity index (χ2n) is 1.31. The van der Waals surface area contributed by atoms with Gasteiger partial charge in [-0.3, -0.25) is 5.41 Å². The van der Waals surface area contributed by atoms with E-state index in [0.717, 1.165) is 12.2 Å². The van der Waals surface area contributed by atoms with Gasteiger partial charge < -0.3 is 10.5 Å². The fourth-order valence-corrected chi connectivity index (χ4v) is 0.226. The van der Waals surface area contributed by atoms with Crippen molar-refractivity contribution in [1.29, 1.82) is 5.41 Å². The average molecular weight is 128 g/mol. The lowest BCUT2D eigenvalue weighted by atomic mass is 10.5. The van der Waals surface area contributed by atoms with E-state index in [0.29, 0.717) is 0 Å². The summed E-state index contributed by atoms with van der Waals surface area (Å²) < 4.78 is 4.22. The summed E-state index contributed by atoms with van der Waals surface area (Å²) >= 11 is 0. The minimum absolute atomic E-state index is 0.166. The van der Waals surface area contributed by atoms with Crippen LogP contribution in [0, 0.1) is 5.41 Å². The lowest BCUT2D eigenvalue weighted by Gasteiger charge is -1.87. The van der Waals surface area contributed by atoms with Gasteiger partial charge in [0.05, 0.1) is 7.11 Å². The van der Waals surface area contributed by atoms with Crippen molar-refractivity contribution in [2.24, 2.45) is 5.73 Å². The fraction of sp³-hybridized carbons (Fsp3) is 0.200. The second kappa shape index (κ2) is 3.65. The Kier molecular flexibility index (Phi) is 3.12. The third kappa shape index (κ3) is 4.53. The SMILES string of the molecule is COC(=O)C=CC(=N)N. The number of carbonyl (C=O) groups excluding carboxylic acids is 1. The van der Waals surface area contributed by atoms with Gasteiger partial charge in [0.15, 0.2) is 0 Å². The molecule has 0 aromatic heterocycles. The number of methoxy groups -OCH3 is 1. The Morgan fingerprint density at radius 3 is 2.56 bits per heavy atom. The number of nitrogens with two attached hydrogens (primary N) is 1. The Bertz CT molecular complexity index is 151. The van der Waals surface area contributed by atoms with E-state index in [9.17, 15) is 4.79 Å². The van der Waals surface area contributed by atoms with Crippen molar-refractivity contribution in [2.75, 3.05) is 7.11 Å². The first-order valence-corrected chi connectivity index (χ1v) is 2.27. The highest BCUT2D eigenvalue weighted by Crippen LogP contribution is 1.75. The van der Waals surface area contributed by atoms with Gasteiger partial charge in [-0.1, -0.05) is 0 Å². The highest BCUT2D eigenvalue weighted by molar-refractivity contribution is 5.95. The molecular weight excluding hydrogens is 120 g/mol. The summed E-state index contributed by atoms with van der Waals surface area (Å²) in [5.41, 5.74) is 4.88. The molecule has 0 radical (unpaired) electrons. The molecule has 4 nitrogen and oxygen atoms in total. The Hall–Kier alpha value is -1.32. The molecule has 0 rings (SSSR count). The minimum atomic E-state index is -0.509. The van der Waals surface area contributed by atoms with Crippen LogP contribution in [0.25, 0.3) is 0 Å². The maximum absolute atomic E-state index is 10.3. The van der Waals surface area contributed by atoms with Crippen molar-refractivity contribution in [3.63, 3.8) is 0 Å². The summed E-state index contributed by atoms with van der Waals surface area (Å²) in [7, 11) is 1.26. The molecule has 0 spiro atoms. The number of ether oxygens (including phenoxy) is 1. The monoisotopic (exact) mass is 128 g/mol. The van der Waals surface area contributed by atoms with Crippen LogP contribution in [0.5, 0.6) is 0 Å². The quantitative estimate of drug-likeness (QED) is 0.231. The molecule has 0 aliphatic heterocycles. The van der Waals surface area contributed by atoms with Gasteiger partial charge in [0.25, 0.3) is 0 Å². The normalized spacial score (nSPS) is 9.44. The molecule has 0 amide bonds. The topological polar surface area (TPSA) is 76.2 Å². The van der Waals surface area contributed by atoms with Gasteiger partial charge in [0, 0.05) is 6.08 Å². The van der Waals surface area contributed by atoms with Gasteiger partial charge in [-0.2, -0.15) is 0 Å². The van der Waals surface area contributed by atoms with Gasteiger partial charge in [-0.05, 0) is 6.08 Å². The van der Waals surface area contributed by atoms with E-state index in [1.54, 1.807) is 0 Å². The van der Waals surface area contributed by atoms with E-state index in [1.807, 2.05) is 0 Å².